The molecule has 4 atom stereocenters. The molecule has 1 aromatic carbocycles. The molecule has 3 N–H and O–H groups in total. The maximum atomic E-state index is 13.6. The van der Waals surface area contributed by atoms with Crippen LogP contribution in [0.3, 0.4) is 0 Å². The van der Waals surface area contributed by atoms with Crippen molar-refractivity contribution >= 4 is 39.3 Å². The fraction of sp³-hybridized carbons (Fsp3) is 0.677. The first-order valence-electron chi connectivity index (χ1n) is 15.2. The van der Waals surface area contributed by atoms with Crippen molar-refractivity contribution in [2.45, 2.75) is 78.8 Å². The number of carbonyl (C=O) groups excluding carboxylic acids is 3. The van der Waals surface area contributed by atoms with Crippen molar-refractivity contribution in [2.75, 3.05) is 46.3 Å². The third kappa shape index (κ3) is 9.75. The van der Waals surface area contributed by atoms with Gasteiger partial charge < -0.3 is 25.8 Å². The Morgan fingerprint density at radius 3 is 2.34 bits per heavy atom. The van der Waals surface area contributed by atoms with Crippen molar-refractivity contribution in [1.82, 2.24) is 30.7 Å². The van der Waals surface area contributed by atoms with Crippen molar-refractivity contribution in [3.63, 3.8) is 0 Å². The van der Waals surface area contributed by atoms with Gasteiger partial charge in [0.05, 0.1) is 15.2 Å². The minimum Gasteiger partial charge on any atom is -0.354 e. The van der Waals surface area contributed by atoms with E-state index >= 15 is 0 Å². The van der Waals surface area contributed by atoms with Crippen LogP contribution in [-0.4, -0.2) is 90.9 Å². The first-order chi connectivity index (χ1) is 19.5. The Balaban J connectivity index is 1.65. The molecule has 0 bridgehead atoms. The highest BCUT2D eigenvalue weighted by Crippen LogP contribution is 2.27. The molecule has 1 aliphatic heterocycles. The van der Waals surface area contributed by atoms with Gasteiger partial charge in [-0.3, -0.25) is 14.4 Å². The zero-order valence-electron chi connectivity index (χ0n) is 26.0. The van der Waals surface area contributed by atoms with E-state index in [-0.39, 0.29) is 42.0 Å². The molecule has 0 radical (unpaired) electrons. The maximum Gasteiger partial charge on any atom is 0.243 e. The second kappa shape index (κ2) is 15.6. The van der Waals surface area contributed by atoms with Crippen LogP contribution in [-0.2, 0) is 20.8 Å². The minimum absolute atomic E-state index is 0.00226. The van der Waals surface area contributed by atoms with Crippen LogP contribution in [0.5, 0.6) is 0 Å². The maximum absolute atomic E-state index is 13.6. The van der Waals surface area contributed by atoms with Gasteiger partial charge in [0.2, 0.25) is 17.7 Å². The number of aromatic nitrogens is 1. The number of carbonyl (C=O) groups is 3. The molecular formula is C31H50N6O3S. The van der Waals surface area contributed by atoms with E-state index in [0.29, 0.717) is 18.9 Å². The largest absolute Gasteiger partial charge is 0.354 e. The fourth-order valence-corrected chi connectivity index (χ4v) is 6.02. The Kier molecular flexibility index (Phi) is 12.5. The van der Waals surface area contributed by atoms with Gasteiger partial charge >= 0.3 is 0 Å². The number of hydrogen-bond acceptors (Lipinski definition) is 7. The van der Waals surface area contributed by atoms with Crippen molar-refractivity contribution in [3.05, 3.63) is 28.8 Å². The average Bonchev–Trinajstić information content (AvgIpc) is 3.36. The van der Waals surface area contributed by atoms with Crippen molar-refractivity contribution in [1.29, 1.82) is 0 Å². The highest BCUT2D eigenvalue weighted by Gasteiger charge is 2.28. The summed E-state index contributed by atoms with van der Waals surface area (Å²) in [5.74, 6) is -0.0128. The molecule has 1 aliphatic rings. The van der Waals surface area contributed by atoms with Gasteiger partial charge in [-0.15, -0.1) is 11.3 Å². The van der Waals surface area contributed by atoms with Crippen LogP contribution in [0.25, 0.3) is 10.2 Å². The SMILES string of the molecule is CCC(=O)N[C@@H](Cc1nc2ccc(C(C)C)cc2s1)C(=O)N[C@H](CNC(=O)C(C)CN1CCN(C)CC1)[C@@H](C)CC. The second-order valence-corrected chi connectivity index (χ2v) is 13.0. The Labute approximate surface area is 249 Å². The monoisotopic (exact) mass is 586 g/mol. The number of amides is 3. The van der Waals surface area contributed by atoms with E-state index in [0.717, 1.165) is 54.4 Å². The van der Waals surface area contributed by atoms with Crippen molar-refractivity contribution in [3.8, 4) is 0 Å². The van der Waals surface area contributed by atoms with Crippen molar-refractivity contribution < 1.29 is 14.4 Å². The molecule has 0 spiro atoms. The fourth-order valence-electron chi connectivity index (χ4n) is 4.96. The molecule has 2 aromatic rings. The molecule has 228 valence electrons. The van der Waals surface area contributed by atoms with E-state index < -0.39 is 6.04 Å². The highest BCUT2D eigenvalue weighted by molar-refractivity contribution is 7.18. The van der Waals surface area contributed by atoms with Gasteiger partial charge in [-0.2, -0.15) is 0 Å². The van der Waals surface area contributed by atoms with Crippen LogP contribution in [0.4, 0.5) is 0 Å². The Bertz CT molecular complexity index is 1160. The van der Waals surface area contributed by atoms with Crippen LogP contribution >= 0.6 is 11.3 Å². The lowest BCUT2D eigenvalue weighted by Gasteiger charge is -2.33. The van der Waals surface area contributed by atoms with Gasteiger partial charge in [0.15, 0.2) is 0 Å². The van der Waals surface area contributed by atoms with E-state index in [9.17, 15) is 14.4 Å². The van der Waals surface area contributed by atoms with Crippen LogP contribution in [0.15, 0.2) is 18.2 Å². The number of benzene rings is 1. The summed E-state index contributed by atoms with van der Waals surface area (Å²) in [5, 5.41) is 9.95. The molecule has 10 heteroatoms. The first-order valence-corrected chi connectivity index (χ1v) is 16.0. The molecule has 1 aromatic heterocycles. The number of likely N-dealkylation sites (N-methyl/N-ethyl adjacent to an activating group) is 1. The summed E-state index contributed by atoms with van der Waals surface area (Å²) in [6, 6.07) is 5.28. The van der Waals surface area contributed by atoms with Gasteiger partial charge in [0, 0.05) is 64.1 Å². The van der Waals surface area contributed by atoms with Gasteiger partial charge in [-0.05, 0) is 36.6 Å². The predicted molar refractivity (Wildman–Crippen MR) is 167 cm³/mol. The minimum atomic E-state index is -0.744. The van der Waals surface area contributed by atoms with Gasteiger partial charge in [-0.25, -0.2) is 4.98 Å². The molecule has 0 saturated carbocycles. The molecule has 9 nitrogen and oxygen atoms in total. The first kappa shape index (κ1) is 32.9. The predicted octanol–water partition coefficient (Wildman–Crippen LogP) is 3.39. The lowest BCUT2D eigenvalue weighted by Crippen LogP contribution is -2.55. The van der Waals surface area contributed by atoms with E-state index in [1.165, 1.54) is 5.56 Å². The smallest absolute Gasteiger partial charge is 0.243 e. The van der Waals surface area contributed by atoms with Gasteiger partial charge in [0.1, 0.15) is 6.04 Å². The normalized spacial score (nSPS) is 17.7. The van der Waals surface area contributed by atoms with E-state index in [2.05, 4.69) is 72.6 Å². The van der Waals surface area contributed by atoms with Crippen LogP contribution in [0.1, 0.15) is 70.9 Å². The standard InChI is InChI=1S/C31H50N6O3S/c1-8-21(5)26(18-32-30(39)22(6)19-37-14-12-36(7)13-15-37)35-31(40)25(33-28(38)9-2)17-29-34-24-11-10-23(20(3)4)16-27(24)41-29/h10-11,16,20-22,25-26H,8-9,12-15,17-19H2,1-7H3,(H,32,39)(H,33,38)(H,35,40)/t21-,22?,25-,26+/m0/s1. The summed E-state index contributed by atoms with van der Waals surface area (Å²) >= 11 is 1.56. The molecule has 41 heavy (non-hydrogen) atoms. The number of thiazole rings is 1. The number of rotatable bonds is 14. The lowest BCUT2D eigenvalue weighted by molar-refractivity contribution is -0.129. The molecule has 2 heterocycles. The van der Waals surface area contributed by atoms with E-state index in [1.54, 1.807) is 18.3 Å². The summed E-state index contributed by atoms with van der Waals surface area (Å²) in [6.45, 7) is 17.3. The topological polar surface area (TPSA) is 107 Å². The molecular weight excluding hydrogens is 536 g/mol. The third-order valence-electron chi connectivity index (χ3n) is 8.21. The van der Waals surface area contributed by atoms with Gasteiger partial charge in [0.25, 0.3) is 0 Å². The molecule has 0 aliphatic carbocycles. The molecule has 1 saturated heterocycles. The van der Waals surface area contributed by atoms with Crippen LogP contribution in [0, 0.1) is 11.8 Å². The van der Waals surface area contributed by atoms with Crippen LogP contribution < -0.4 is 16.0 Å². The number of nitrogens with zero attached hydrogens (tertiary/aromatic N) is 3. The Morgan fingerprint density at radius 2 is 1.71 bits per heavy atom. The third-order valence-corrected chi connectivity index (χ3v) is 9.25. The quantitative estimate of drug-likeness (QED) is 0.313. The molecule has 1 unspecified atom stereocenters. The number of piperazine rings is 1. The zero-order valence-corrected chi connectivity index (χ0v) is 26.8. The van der Waals surface area contributed by atoms with Gasteiger partial charge in [-0.1, -0.05) is 54.0 Å². The highest BCUT2D eigenvalue weighted by atomic mass is 32.1. The number of nitrogens with one attached hydrogen (secondary N) is 3. The summed E-state index contributed by atoms with van der Waals surface area (Å²) in [7, 11) is 2.12. The zero-order chi connectivity index (χ0) is 30.1. The van der Waals surface area contributed by atoms with E-state index in [1.807, 2.05) is 13.0 Å². The summed E-state index contributed by atoms with van der Waals surface area (Å²) in [5.41, 5.74) is 2.15. The Morgan fingerprint density at radius 1 is 1.00 bits per heavy atom. The summed E-state index contributed by atoms with van der Waals surface area (Å²) < 4.78 is 1.08. The Hall–Kier alpha value is -2.56. The van der Waals surface area contributed by atoms with Crippen molar-refractivity contribution in [2.24, 2.45) is 11.8 Å². The molecule has 3 rings (SSSR count). The van der Waals surface area contributed by atoms with Crippen LogP contribution in [0.2, 0.25) is 0 Å². The van der Waals surface area contributed by atoms with E-state index in [4.69, 9.17) is 4.98 Å². The average molecular weight is 587 g/mol. The number of hydrogen-bond donors (Lipinski definition) is 3. The number of fused-ring (bicyclic) bond motifs is 1. The summed E-state index contributed by atoms with van der Waals surface area (Å²) in [4.78, 5) is 48.3. The second-order valence-electron chi connectivity index (χ2n) is 11.9. The molecule has 1 fully saturated rings. The lowest BCUT2D eigenvalue weighted by atomic mass is 9.98. The molecule has 3 amide bonds. The summed E-state index contributed by atoms with van der Waals surface area (Å²) in [6.07, 6.45) is 1.45.